The highest BCUT2D eigenvalue weighted by molar-refractivity contribution is 5.72. The summed E-state index contributed by atoms with van der Waals surface area (Å²) in [5.41, 5.74) is 2.43. The van der Waals surface area contributed by atoms with Crippen LogP contribution in [0, 0.1) is 5.92 Å². The molecule has 0 fully saturated rings. The van der Waals surface area contributed by atoms with E-state index in [0.29, 0.717) is 0 Å². The molecule has 1 aliphatic rings. The van der Waals surface area contributed by atoms with Gasteiger partial charge in [-0.1, -0.05) is 19.1 Å². The van der Waals surface area contributed by atoms with Crippen molar-refractivity contribution in [2.75, 3.05) is 13.7 Å². The molecule has 1 aromatic rings. The highest BCUT2D eigenvalue weighted by Gasteiger charge is 2.16. The molecule has 1 atom stereocenters. The molecule has 1 aromatic carbocycles. The number of carbonyl (C=O) groups is 1. The molecule has 92 valence electrons. The first-order valence-corrected chi connectivity index (χ1v) is 6.03. The SMILES string of the molecule is COC(=O)C(C)Cc1ccc2c(c1)CCCO2. The number of ether oxygens (including phenoxy) is 2. The lowest BCUT2D eigenvalue weighted by atomic mass is 9.97. The molecule has 1 heterocycles. The van der Waals surface area contributed by atoms with E-state index in [9.17, 15) is 4.79 Å². The van der Waals surface area contributed by atoms with Crippen LogP contribution >= 0.6 is 0 Å². The molecule has 3 nitrogen and oxygen atoms in total. The van der Waals surface area contributed by atoms with E-state index in [0.717, 1.165) is 31.6 Å². The van der Waals surface area contributed by atoms with Gasteiger partial charge < -0.3 is 9.47 Å². The number of hydrogen-bond donors (Lipinski definition) is 0. The summed E-state index contributed by atoms with van der Waals surface area (Å²) in [6.45, 7) is 2.70. The standard InChI is InChI=1S/C14H18O3/c1-10(14(15)16-2)8-11-5-6-13-12(9-11)4-3-7-17-13/h5-6,9-10H,3-4,7-8H2,1-2H3. The lowest BCUT2D eigenvalue weighted by Crippen LogP contribution is -2.15. The number of rotatable bonds is 3. The zero-order valence-corrected chi connectivity index (χ0v) is 10.4. The van der Waals surface area contributed by atoms with Crippen molar-refractivity contribution in [3.8, 4) is 5.75 Å². The Balaban J connectivity index is 2.09. The van der Waals surface area contributed by atoms with Crippen molar-refractivity contribution < 1.29 is 14.3 Å². The van der Waals surface area contributed by atoms with Gasteiger partial charge in [0.15, 0.2) is 0 Å². The predicted molar refractivity (Wildman–Crippen MR) is 65.1 cm³/mol. The Morgan fingerprint density at radius 3 is 3.12 bits per heavy atom. The Labute approximate surface area is 102 Å². The normalized spacial score (nSPS) is 15.6. The number of esters is 1. The third kappa shape index (κ3) is 2.78. The number of hydrogen-bond acceptors (Lipinski definition) is 3. The van der Waals surface area contributed by atoms with Gasteiger partial charge in [-0.15, -0.1) is 0 Å². The van der Waals surface area contributed by atoms with E-state index in [1.807, 2.05) is 19.1 Å². The minimum absolute atomic E-state index is 0.0949. The van der Waals surface area contributed by atoms with E-state index in [1.165, 1.54) is 18.2 Å². The van der Waals surface area contributed by atoms with Crippen LogP contribution in [0.4, 0.5) is 0 Å². The van der Waals surface area contributed by atoms with Gasteiger partial charge in [0.1, 0.15) is 5.75 Å². The van der Waals surface area contributed by atoms with Crippen molar-refractivity contribution in [3.05, 3.63) is 29.3 Å². The Bertz CT molecular complexity index is 412. The second-order valence-electron chi connectivity index (χ2n) is 4.52. The van der Waals surface area contributed by atoms with Gasteiger partial charge in [0, 0.05) is 0 Å². The first kappa shape index (κ1) is 12.0. The average molecular weight is 234 g/mol. The van der Waals surface area contributed by atoms with E-state index in [2.05, 4.69) is 6.07 Å². The van der Waals surface area contributed by atoms with Crippen LogP contribution in [-0.4, -0.2) is 19.7 Å². The maximum atomic E-state index is 11.4. The molecule has 1 unspecified atom stereocenters. The molecule has 0 amide bonds. The predicted octanol–water partition coefficient (Wildman–Crippen LogP) is 2.36. The maximum absolute atomic E-state index is 11.4. The molecule has 17 heavy (non-hydrogen) atoms. The van der Waals surface area contributed by atoms with Crippen LogP contribution in [0.2, 0.25) is 0 Å². The van der Waals surface area contributed by atoms with E-state index in [4.69, 9.17) is 9.47 Å². The molecule has 3 heteroatoms. The molecule has 2 rings (SSSR count). The van der Waals surface area contributed by atoms with Crippen LogP contribution < -0.4 is 4.74 Å². The molecule has 0 saturated carbocycles. The summed E-state index contributed by atoms with van der Waals surface area (Å²) in [5, 5.41) is 0. The molecule has 0 bridgehead atoms. The Morgan fingerprint density at radius 1 is 1.53 bits per heavy atom. The van der Waals surface area contributed by atoms with Crippen molar-refractivity contribution in [1.82, 2.24) is 0 Å². The Morgan fingerprint density at radius 2 is 2.35 bits per heavy atom. The third-order valence-corrected chi connectivity index (χ3v) is 3.12. The third-order valence-electron chi connectivity index (χ3n) is 3.12. The van der Waals surface area contributed by atoms with Gasteiger partial charge in [-0.2, -0.15) is 0 Å². The van der Waals surface area contributed by atoms with Crippen molar-refractivity contribution in [2.45, 2.75) is 26.2 Å². The quantitative estimate of drug-likeness (QED) is 0.753. The van der Waals surface area contributed by atoms with Gasteiger partial charge in [-0.3, -0.25) is 4.79 Å². The summed E-state index contributed by atoms with van der Waals surface area (Å²) < 4.78 is 10.3. The van der Waals surface area contributed by atoms with Crippen molar-refractivity contribution in [2.24, 2.45) is 5.92 Å². The molecule has 0 aromatic heterocycles. The molecular formula is C14H18O3. The molecule has 0 spiro atoms. The summed E-state index contributed by atoms with van der Waals surface area (Å²) >= 11 is 0. The fourth-order valence-electron chi connectivity index (χ4n) is 2.18. The van der Waals surface area contributed by atoms with Crippen molar-refractivity contribution in [3.63, 3.8) is 0 Å². The minimum atomic E-state index is -0.154. The zero-order valence-electron chi connectivity index (χ0n) is 10.4. The van der Waals surface area contributed by atoms with E-state index in [-0.39, 0.29) is 11.9 Å². The summed E-state index contributed by atoms with van der Waals surface area (Å²) in [6, 6.07) is 6.19. The number of carbonyl (C=O) groups excluding carboxylic acids is 1. The summed E-state index contributed by atoms with van der Waals surface area (Å²) in [4.78, 5) is 11.4. The Hall–Kier alpha value is -1.51. The van der Waals surface area contributed by atoms with Crippen molar-refractivity contribution in [1.29, 1.82) is 0 Å². The van der Waals surface area contributed by atoms with Crippen LogP contribution in [0.5, 0.6) is 5.75 Å². The molecule has 0 radical (unpaired) electrons. The minimum Gasteiger partial charge on any atom is -0.493 e. The first-order chi connectivity index (χ1) is 8.20. The molecule has 0 N–H and O–H groups in total. The fourth-order valence-corrected chi connectivity index (χ4v) is 2.18. The number of fused-ring (bicyclic) bond motifs is 1. The fraction of sp³-hybridized carbons (Fsp3) is 0.500. The van der Waals surface area contributed by atoms with Crippen molar-refractivity contribution >= 4 is 5.97 Å². The second-order valence-corrected chi connectivity index (χ2v) is 4.52. The lowest BCUT2D eigenvalue weighted by molar-refractivity contribution is -0.144. The van der Waals surface area contributed by atoms with Gasteiger partial charge >= 0.3 is 5.97 Å². The highest BCUT2D eigenvalue weighted by atomic mass is 16.5. The Kier molecular flexibility index (Phi) is 3.67. The molecule has 0 aliphatic carbocycles. The van der Waals surface area contributed by atoms with Crippen LogP contribution in [0.15, 0.2) is 18.2 Å². The summed E-state index contributed by atoms with van der Waals surface area (Å²) in [5.74, 6) is 0.743. The highest BCUT2D eigenvalue weighted by Crippen LogP contribution is 2.26. The zero-order chi connectivity index (χ0) is 12.3. The summed E-state index contributed by atoms with van der Waals surface area (Å²) in [6.07, 6.45) is 2.86. The molecule has 0 saturated heterocycles. The average Bonchev–Trinajstić information content (AvgIpc) is 2.37. The maximum Gasteiger partial charge on any atom is 0.308 e. The van der Waals surface area contributed by atoms with E-state index >= 15 is 0 Å². The lowest BCUT2D eigenvalue weighted by Gasteiger charge is -2.18. The van der Waals surface area contributed by atoms with Gasteiger partial charge in [-0.25, -0.2) is 0 Å². The van der Waals surface area contributed by atoms with Crippen LogP contribution in [-0.2, 0) is 22.4 Å². The molecular weight excluding hydrogens is 216 g/mol. The van der Waals surface area contributed by atoms with Crippen LogP contribution in [0.25, 0.3) is 0 Å². The number of methoxy groups -OCH3 is 1. The van der Waals surface area contributed by atoms with Gasteiger partial charge in [0.2, 0.25) is 0 Å². The topological polar surface area (TPSA) is 35.5 Å². The van der Waals surface area contributed by atoms with Gasteiger partial charge in [-0.05, 0) is 36.5 Å². The van der Waals surface area contributed by atoms with E-state index in [1.54, 1.807) is 0 Å². The largest absolute Gasteiger partial charge is 0.493 e. The van der Waals surface area contributed by atoms with E-state index < -0.39 is 0 Å². The smallest absolute Gasteiger partial charge is 0.308 e. The monoisotopic (exact) mass is 234 g/mol. The van der Waals surface area contributed by atoms with Crippen LogP contribution in [0.3, 0.4) is 0 Å². The first-order valence-electron chi connectivity index (χ1n) is 6.03. The number of aryl methyl sites for hydroxylation is 1. The number of benzene rings is 1. The second kappa shape index (κ2) is 5.21. The van der Waals surface area contributed by atoms with Gasteiger partial charge in [0.05, 0.1) is 19.6 Å². The summed E-state index contributed by atoms with van der Waals surface area (Å²) in [7, 11) is 1.43. The molecule has 1 aliphatic heterocycles. The van der Waals surface area contributed by atoms with Gasteiger partial charge in [0.25, 0.3) is 0 Å². The van der Waals surface area contributed by atoms with Crippen LogP contribution in [0.1, 0.15) is 24.5 Å².